The van der Waals surface area contributed by atoms with Crippen LogP contribution >= 0.6 is 0 Å². The number of benzene rings is 1. The number of nitro benzene ring substituents is 1. The first-order valence-electron chi connectivity index (χ1n) is 7.03. The SMILES string of the molecule is O=[N+]([O-])c1ccc2oc(CN3CCCC(CO)C3)nc2c1. The number of aromatic nitrogens is 1. The van der Waals surface area contributed by atoms with Crippen molar-refractivity contribution in [3.8, 4) is 0 Å². The molecule has 2 heterocycles. The van der Waals surface area contributed by atoms with E-state index in [1.807, 2.05) is 0 Å². The first-order chi connectivity index (χ1) is 10.2. The molecule has 0 amide bonds. The lowest BCUT2D eigenvalue weighted by atomic mass is 9.99. The Morgan fingerprint density at radius 1 is 1.52 bits per heavy atom. The van der Waals surface area contributed by atoms with E-state index in [2.05, 4.69) is 9.88 Å². The Morgan fingerprint density at radius 2 is 2.38 bits per heavy atom. The number of aliphatic hydroxyl groups is 1. The predicted molar refractivity (Wildman–Crippen MR) is 75.8 cm³/mol. The van der Waals surface area contributed by atoms with Crippen LogP contribution in [0, 0.1) is 16.0 Å². The summed E-state index contributed by atoms with van der Waals surface area (Å²) in [5.41, 5.74) is 1.09. The summed E-state index contributed by atoms with van der Waals surface area (Å²) in [7, 11) is 0. The number of aliphatic hydroxyl groups excluding tert-OH is 1. The largest absolute Gasteiger partial charge is 0.439 e. The van der Waals surface area contributed by atoms with Crippen LogP contribution < -0.4 is 0 Å². The standard InChI is InChI=1S/C14H17N3O4/c18-9-10-2-1-5-16(7-10)8-14-15-12-6-11(17(19)20)3-4-13(12)21-14/h3-4,6,10,18H,1-2,5,7-9H2. The van der Waals surface area contributed by atoms with Crippen molar-refractivity contribution in [2.24, 2.45) is 5.92 Å². The van der Waals surface area contributed by atoms with E-state index in [0.29, 0.717) is 29.5 Å². The molecule has 1 aromatic carbocycles. The fourth-order valence-electron chi connectivity index (χ4n) is 2.78. The zero-order chi connectivity index (χ0) is 14.8. The van der Waals surface area contributed by atoms with Gasteiger partial charge in [0.1, 0.15) is 5.52 Å². The van der Waals surface area contributed by atoms with Crippen LogP contribution in [0.3, 0.4) is 0 Å². The van der Waals surface area contributed by atoms with Crippen LogP contribution in [0.5, 0.6) is 0 Å². The van der Waals surface area contributed by atoms with Crippen molar-refractivity contribution in [3.63, 3.8) is 0 Å². The molecule has 1 unspecified atom stereocenters. The first kappa shape index (κ1) is 14.0. The van der Waals surface area contributed by atoms with Gasteiger partial charge in [0.25, 0.3) is 5.69 Å². The molecule has 1 fully saturated rings. The normalized spacial score (nSPS) is 20.0. The molecule has 2 aromatic rings. The number of nitrogens with zero attached hydrogens (tertiary/aromatic N) is 3. The molecule has 21 heavy (non-hydrogen) atoms. The van der Waals surface area contributed by atoms with E-state index in [4.69, 9.17) is 4.42 Å². The summed E-state index contributed by atoms with van der Waals surface area (Å²) < 4.78 is 5.64. The minimum Gasteiger partial charge on any atom is -0.439 e. The Balaban J connectivity index is 1.76. The van der Waals surface area contributed by atoms with Gasteiger partial charge in [0.05, 0.1) is 11.5 Å². The molecule has 1 N–H and O–H groups in total. The van der Waals surface area contributed by atoms with Crippen molar-refractivity contribution < 1.29 is 14.4 Å². The molecule has 0 spiro atoms. The van der Waals surface area contributed by atoms with Crippen LogP contribution in [0.15, 0.2) is 22.6 Å². The molecule has 0 bridgehead atoms. The van der Waals surface area contributed by atoms with E-state index >= 15 is 0 Å². The van der Waals surface area contributed by atoms with Gasteiger partial charge in [-0.3, -0.25) is 15.0 Å². The molecule has 3 rings (SSSR count). The highest BCUT2D eigenvalue weighted by molar-refractivity contribution is 5.75. The molecule has 0 aliphatic carbocycles. The maximum absolute atomic E-state index is 10.8. The molecule has 1 aliphatic heterocycles. The maximum Gasteiger partial charge on any atom is 0.271 e. The van der Waals surface area contributed by atoms with Crippen molar-refractivity contribution in [3.05, 3.63) is 34.2 Å². The van der Waals surface area contributed by atoms with Gasteiger partial charge in [0.2, 0.25) is 5.89 Å². The first-order valence-corrected chi connectivity index (χ1v) is 7.03. The number of likely N-dealkylation sites (tertiary alicyclic amines) is 1. The van der Waals surface area contributed by atoms with Gasteiger partial charge in [0, 0.05) is 25.3 Å². The van der Waals surface area contributed by atoms with Crippen LogP contribution in [-0.2, 0) is 6.54 Å². The molecule has 1 saturated heterocycles. The summed E-state index contributed by atoms with van der Waals surface area (Å²) in [6.07, 6.45) is 2.10. The monoisotopic (exact) mass is 291 g/mol. The average Bonchev–Trinajstić information content (AvgIpc) is 2.88. The van der Waals surface area contributed by atoms with Crippen LogP contribution in [0.1, 0.15) is 18.7 Å². The fourth-order valence-corrected chi connectivity index (χ4v) is 2.78. The van der Waals surface area contributed by atoms with Crippen LogP contribution in [0.4, 0.5) is 5.69 Å². The third-order valence-corrected chi connectivity index (χ3v) is 3.85. The predicted octanol–water partition coefficient (Wildman–Crippen LogP) is 1.94. The summed E-state index contributed by atoms with van der Waals surface area (Å²) >= 11 is 0. The second-order valence-electron chi connectivity index (χ2n) is 5.44. The zero-order valence-electron chi connectivity index (χ0n) is 11.6. The Morgan fingerprint density at radius 3 is 3.14 bits per heavy atom. The number of fused-ring (bicyclic) bond motifs is 1. The second-order valence-corrected chi connectivity index (χ2v) is 5.44. The minimum atomic E-state index is -0.440. The van der Waals surface area contributed by atoms with Gasteiger partial charge in [-0.15, -0.1) is 0 Å². The molecule has 7 nitrogen and oxygen atoms in total. The Hall–Kier alpha value is -1.99. The molecule has 0 radical (unpaired) electrons. The Bertz CT molecular complexity index is 655. The van der Waals surface area contributed by atoms with Gasteiger partial charge >= 0.3 is 0 Å². The van der Waals surface area contributed by atoms with E-state index in [9.17, 15) is 15.2 Å². The average molecular weight is 291 g/mol. The van der Waals surface area contributed by atoms with Gasteiger partial charge < -0.3 is 9.52 Å². The summed E-state index contributed by atoms with van der Waals surface area (Å²) in [5, 5.41) is 20.0. The fraction of sp³-hybridized carbons (Fsp3) is 0.500. The third kappa shape index (κ3) is 3.03. The zero-order valence-corrected chi connectivity index (χ0v) is 11.6. The van der Waals surface area contributed by atoms with Crippen LogP contribution in [0.25, 0.3) is 11.1 Å². The van der Waals surface area contributed by atoms with E-state index in [1.54, 1.807) is 6.07 Å². The highest BCUT2D eigenvalue weighted by Gasteiger charge is 2.21. The lowest BCUT2D eigenvalue weighted by Crippen LogP contribution is -2.36. The Kier molecular flexibility index (Phi) is 3.85. The van der Waals surface area contributed by atoms with Gasteiger partial charge in [-0.25, -0.2) is 4.98 Å². The molecule has 1 atom stereocenters. The van der Waals surface area contributed by atoms with Crippen molar-refractivity contribution in [1.82, 2.24) is 9.88 Å². The highest BCUT2D eigenvalue weighted by atomic mass is 16.6. The summed E-state index contributed by atoms with van der Waals surface area (Å²) in [5.74, 6) is 0.869. The molecular formula is C14H17N3O4. The lowest BCUT2D eigenvalue weighted by molar-refractivity contribution is -0.384. The topological polar surface area (TPSA) is 92.6 Å². The van der Waals surface area contributed by atoms with Crippen molar-refractivity contribution in [1.29, 1.82) is 0 Å². The number of piperidine rings is 1. The van der Waals surface area contributed by atoms with Gasteiger partial charge in [-0.2, -0.15) is 0 Å². The number of oxazole rings is 1. The van der Waals surface area contributed by atoms with E-state index in [0.717, 1.165) is 25.9 Å². The van der Waals surface area contributed by atoms with Crippen LogP contribution in [-0.4, -0.2) is 39.6 Å². The van der Waals surface area contributed by atoms with Crippen molar-refractivity contribution in [2.75, 3.05) is 19.7 Å². The number of hydrogen-bond acceptors (Lipinski definition) is 6. The second kappa shape index (κ2) is 5.79. The summed E-state index contributed by atoms with van der Waals surface area (Å²) in [4.78, 5) is 16.8. The lowest BCUT2D eigenvalue weighted by Gasteiger charge is -2.30. The van der Waals surface area contributed by atoms with E-state index in [1.165, 1.54) is 12.1 Å². The van der Waals surface area contributed by atoms with Crippen molar-refractivity contribution in [2.45, 2.75) is 19.4 Å². The molecule has 112 valence electrons. The smallest absolute Gasteiger partial charge is 0.271 e. The van der Waals surface area contributed by atoms with Gasteiger partial charge in [-0.05, 0) is 31.4 Å². The number of hydrogen-bond donors (Lipinski definition) is 1. The number of non-ortho nitro benzene ring substituents is 1. The van der Waals surface area contributed by atoms with Gasteiger partial charge in [0.15, 0.2) is 5.58 Å². The third-order valence-electron chi connectivity index (χ3n) is 3.85. The summed E-state index contributed by atoms with van der Waals surface area (Å²) in [6, 6.07) is 4.42. The van der Waals surface area contributed by atoms with Crippen LogP contribution in [0.2, 0.25) is 0 Å². The molecule has 1 aromatic heterocycles. The van der Waals surface area contributed by atoms with E-state index < -0.39 is 4.92 Å². The molecular weight excluding hydrogens is 274 g/mol. The molecule has 7 heteroatoms. The molecule has 1 aliphatic rings. The minimum absolute atomic E-state index is 0.0145. The maximum atomic E-state index is 10.8. The number of nitro groups is 1. The quantitative estimate of drug-likeness (QED) is 0.683. The number of rotatable bonds is 4. The Labute approximate surface area is 121 Å². The summed E-state index contributed by atoms with van der Waals surface area (Å²) in [6.45, 7) is 2.56. The highest BCUT2D eigenvalue weighted by Crippen LogP contribution is 2.23. The molecule has 0 saturated carbocycles. The van der Waals surface area contributed by atoms with E-state index in [-0.39, 0.29) is 12.3 Å². The van der Waals surface area contributed by atoms with Crippen molar-refractivity contribution >= 4 is 16.8 Å². The van der Waals surface area contributed by atoms with Gasteiger partial charge in [-0.1, -0.05) is 0 Å².